The summed E-state index contributed by atoms with van der Waals surface area (Å²) in [5.74, 6) is 0.368. The number of hydrogen-bond donors (Lipinski definition) is 1. The Morgan fingerprint density at radius 1 is 1.53 bits per heavy atom. The zero-order valence-corrected chi connectivity index (χ0v) is 11.5. The van der Waals surface area contributed by atoms with Crippen LogP contribution in [0.3, 0.4) is 0 Å². The first-order valence-electron chi connectivity index (χ1n) is 6.57. The van der Waals surface area contributed by atoms with Gasteiger partial charge in [0.25, 0.3) is 0 Å². The van der Waals surface area contributed by atoms with Crippen LogP contribution in [0.1, 0.15) is 5.69 Å². The molecule has 0 aliphatic carbocycles. The molecule has 1 N–H and O–H groups in total. The van der Waals surface area contributed by atoms with Crippen molar-refractivity contribution in [1.82, 2.24) is 15.2 Å². The van der Waals surface area contributed by atoms with Crippen LogP contribution in [0.25, 0.3) is 0 Å². The van der Waals surface area contributed by atoms with Gasteiger partial charge in [0.2, 0.25) is 5.91 Å². The molecule has 19 heavy (non-hydrogen) atoms. The van der Waals surface area contributed by atoms with Gasteiger partial charge in [-0.15, -0.1) is 0 Å². The van der Waals surface area contributed by atoms with Crippen molar-refractivity contribution in [1.29, 1.82) is 0 Å². The van der Waals surface area contributed by atoms with Crippen LogP contribution in [0.15, 0.2) is 24.4 Å². The lowest BCUT2D eigenvalue weighted by Gasteiger charge is -2.15. The molecule has 0 unspecified atom stereocenters. The van der Waals surface area contributed by atoms with E-state index in [2.05, 4.69) is 15.2 Å². The molecule has 0 spiro atoms. The van der Waals surface area contributed by atoms with Crippen molar-refractivity contribution in [3.63, 3.8) is 0 Å². The summed E-state index contributed by atoms with van der Waals surface area (Å²) >= 11 is 0. The maximum absolute atomic E-state index is 11.9. The number of likely N-dealkylation sites (tertiary alicyclic amines) is 1. The molecule has 1 aromatic rings. The van der Waals surface area contributed by atoms with Gasteiger partial charge in [0.15, 0.2) is 0 Å². The fourth-order valence-corrected chi connectivity index (χ4v) is 2.68. The van der Waals surface area contributed by atoms with Gasteiger partial charge in [0.1, 0.15) is 0 Å². The van der Waals surface area contributed by atoms with Crippen LogP contribution in [0.2, 0.25) is 0 Å². The Hall–Kier alpha value is -1.46. The van der Waals surface area contributed by atoms with Gasteiger partial charge in [-0.1, -0.05) is 6.07 Å². The first kappa shape index (κ1) is 14.0. The van der Waals surface area contributed by atoms with E-state index in [0.29, 0.717) is 6.61 Å². The molecule has 1 saturated heterocycles. The predicted molar refractivity (Wildman–Crippen MR) is 72.4 cm³/mol. The average Bonchev–Trinajstić information content (AvgIpc) is 2.82. The summed E-state index contributed by atoms with van der Waals surface area (Å²) in [4.78, 5) is 18.5. The Morgan fingerprint density at radius 2 is 2.37 bits per heavy atom. The predicted octanol–water partition coefficient (Wildman–Crippen LogP) is 0.522. The minimum atomic E-state index is 0.00802. The molecule has 104 valence electrons. The monoisotopic (exact) mass is 263 g/mol. The highest BCUT2D eigenvalue weighted by molar-refractivity contribution is 5.79. The van der Waals surface area contributed by atoms with E-state index in [9.17, 15) is 4.79 Å². The van der Waals surface area contributed by atoms with E-state index in [-0.39, 0.29) is 17.7 Å². The Labute approximate surface area is 114 Å². The summed E-state index contributed by atoms with van der Waals surface area (Å²) in [6.45, 7) is 3.05. The first-order valence-corrected chi connectivity index (χ1v) is 6.57. The topological polar surface area (TPSA) is 54.5 Å². The summed E-state index contributed by atoms with van der Waals surface area (Å²) in [7, 11) is 3.37. The first-order chi connectivity index (χ1) is 9.24. The van der Waals surface area contributed by atoms with Crippen molar-refractivity contribution < 1.29 is 9.53 Å². The minimum absolute atomic E-state index is 0.00802. The fraction of sp³-hybridized carbons (Fsp3) is 0.571. The van der Waals surface area contributed by atoms with E-state index in [1.54, 1.807) is 20.4 Å². The summed E-state index contributed by atoms with van der Waals surface area (Å²) in [6, 6.07) is 5.91. The van der Waals surface area contributed by atoms with Crippen LogP contribution < -0.4 is 5.32 Å². The van der Waals surface area contributed by atoms with Gasteiger partial charge < -0.3 is 10.1 Å². The van der Waals surface area contributed by atoms with E-state index >= 15 is 0 Å². The van der Waals surface area contributed by atoms with Crippen LogP contribution in [0.4, 0.5) is 0 Å². The second kappa shape index (κ2) is 6.63. The quantitative estimate of drug-likeness (QED) is 0.841. The van der Waals surface area contributed by atoms with Gasteiger partial charge in [-0.25, -0.2) is 0 Å². The molecule has 1 aliphatic rings. The maximum atomic E-state index is 11.9. The van der Waals surface area contributed by atoms with Crippen molar-refractivity contribution in [3.8, 4) is 0 Å². The van der Waals surface area contributed by atoms with E-state index in [4.69, 9.17) is 4.74 Å². The van der Waals surface area contributed by atoms with Crippen molar-refractivity contribution >= 4 is 5.91 Å². The molecule has 5 heteroatoms. The number of hydrogen-bond acceptors (Lipinski definition) is 4. The van der Waals surface area contributed by atoms with E-state index in [1.807, 2.05) is 18.2 Å². The third kappa shape index (κ3) is 3.52. The molecule has 1 fully saturated rings. The lowest BCUT2D eigenvalue weighted by Crippen LogP contribution is -2.34. The number of ether oxygens (including phenoxy) is 1. The van der Waals surface area contributed by atoms with E-state index in [1.165, 1.54) is 0 Å². The smallest absolute Gasteiger partial charge is 0.224 e. The maximum Gasteiger partial charge on any atom is 0.224 e. The molecule has 1 aliphatic heterocycles. The largest absolute Gasteiger partial charge is 0.384 e. The zero-order valence-electron chi connectivity index (χ0n) is 11.5. The summed E-state index contributed by atoms with van der Waals surface area (Å²) in [5, 5.41) is 2.74. The highest BCUT2D eigenvalue weighted by Crippen LogP contribution is 2.25. The van der Waals surface area contributed by atoms with Gasteiger partial charge >= 0.3 is 0 Å². The molecule has 2 rings (SSSR count). The Bertz CT molecular complexity index is 410. The summed E-state index contributed by atoms with van der Waals surface area (Å²) in [6.07, 6.45) is 1.80. The average molecular weight is 263 g/mol. The number of rotatable bonds is 5. The van der Waals surface area contributed by atoms with Gasteiger partial charge in [-0.3, -0.25) is 14.7 Å². The molecule has 0 radical (unpaired) electrons. The van der Waals surface area contributed by atoms with Crippen molar-refractivity contribution in [2.24, 2.45) is 11.8 Å². The molecule has 0 bridgehead atoms. The Morgan fingerprint density at radius 3 is 3.00 bits per heavy atom. The van der Waals surface area contributed by atoms with Crippen LogP contribution in [0.5, 0.6) is 0 Å². The van der Waals surface area contributed by atoms with Crippen molar-refractivity contribution in [3.05, 3.63) is 30.1 Å². The lowest BCUT2D eigenvalue weighted by molar-refractivity contribution is -0.125. The number of nitrogens with zero attached hydrogens (tertiary/aromatic N) is 2. The Balaban J connectivity index is 1.99. The standard InChI is InChI=1S/C14H21N3O2/c1-15-14(18)13-9-17(7-11(13)10-19-2)8-12-5-3-4-6-16-12/h3-6,11,13H,7-10H2,1-2H3,(H,15,18)/t11-,13+/m0/s1. The number of carbonyl (C=O) groups excluding carboxylic acids is 1. The molecule has 5 nitrogen and oxygen atoms in total. The van der Waals surface area contributed by atoms with Gasteiger partial charge in [-0.2, -0.15) is 0 Å². The third-order valence-corrected chi connectivity index (χ3v) is 3.59. The zero-order chi connectivity index (χ0) is 13.7. The van der Waals surface area contributed by atoms with Gasteiger partial charge in [0.05, 0.1) is 18.2 Å². The highest BCUT2D eigenvalue weighted by atomic mass is 16.5. The molecule has 1 aromatic heterocycles. The van der Waals surface area contributed by atoms with Crippen molar-refractivity contribution in [2.75, 3.05) is 33.9 Å². The van der Waals surface area contributed by atoms with Crippen LogP contribution in [-0.2, 0) is 16.1 Å². The molecular weight excluding hydrogens is 242 g/mol. The SMILES string of the molecule is CNC(=O)[C@@H]1CN(Cc2ccccn2)C[C@H]1COC. The number of methoxy groups -OCH3 is 1. The normalized spacial score (nSPS) is 23.5. The molecule has 1 amide bonds. The second-order valence-corrected chi connectivity index (χ2v) is 4.95. The summed E-state index contributed by atoms with van der Waals surface area (Å²) < 4.78 is 5.23. The van der Waals surface area contributed by atoms with E-state index < -0.39 is 0 Å². The Kier molecular flexibility index (Phi) is 4.87. The minimum Gasteiger partial charge on any atom is -0.384 e. The second-order valence-electron chi connectivity index (χ2n) is 4.95. The number of carbonyl (C=O) groups is 1. The molecule has 0 aromatic carbocycles. The number of amides is 1. The highest BCUT2D eigenvalue weighted by Gasteiger charge is 2.36. The van der Waals surface area contributed by atoms with E-state index in [0.717, 1.165) is 25.3 Å². The number of aromatic nitrogens is 1. The molecule has 2 atom stereocenters. The third-order valence-electron chi connectivity index (χ3n) is 3.59. The van der Waals surface area contributed by atoms with Crippen molar-refractivity contribution in [2.45, 2.75) is 6.54 Å². The number of pyridine rings is 1. The summed E-state index contributed by atoms with van der Waals surface area (Å²) in [5.41, 5.74) is 1.04. The van der Waals surface area contributed by atoms with Crippen LogP contribution in [0, 0.1) is 11.8 Å². The van der Waals surface area contributed by atoms with Crippen LogP contribution in [-0.4, -0.2) is 49.6 Å². The molecular formula is C14H21N3O2. The fourth-order valence-electron chi connectivity index (χ4n) is 2.68. The lowest BCUT2D eigenvalue weighted by atomic mass is 9.96. The molecule has 2 heterocycles. The van der Waals surface area contributed by atoms with Gasteiger partial charge in [0, 0.05) is 45.9 Å². The number of nitrogens with one attached hydrogen (secondary N) is 1. The molecule has 0 saturated carbocycles. The van der Waals surface area contributed by atoms with Gasteiger partial charge in [-0.05, 0) is 12.1 Å². The van der Waals surface area contributed by atoms with Crippen LogP contribution >= 0.6 is 0 Å².